The highest BCUT2D eigenvalue weighted by molar-refractivity contribution is 7.22. The molecule has 0 bridgehead atoms. The van der Waals surface area contributed by atoms with Crippen LogP contribution in [0.3, 0.4) is 0 Å². The molecule has 0 radical (unpaired) electrons. The van der Waals surface area contributed by atoms with Crippen molar-refractivity contribution in [3.63, 3.8) is 0 Å². The molecule has 0 aliphatic carbocycles. The van der Waals surface area contributed by atoms with E-state index in [1.54, 1.807) is 11.3 Å². The number of carbonyl (C=O) groups is 1. The maximum Gasteiger partial charge on any atom is 0.229 e. The Balaban J connectivity index is 1.47. The van der Waals surface area contributed by atoms with Crippen molar-refractivity contribution < 1.29 is 9.53 Å². The number of aryl methyl sites for hydroxylation is 1. The molecule has 3 aromatic rings. The number of nitrogens with zero attached hydrogens (tertiary/aromatic N) is 2. The lowest BCUT2D eigenvalue weighted by atomic mass is 9.97. The van der Waals surface area contributed by atoms with Gasteiger partial charge in [-0.1, -0.05) is 29.0 Å². The second-order valence-electron chi connectivity index (χ2n) is 7.32. The Kier molecular flexibility index (Phi) is 5.92. The van der Waals surface area contributed by atoms with Crippen molar-refractivity contribution in [2.75, 3.05) is 29.9 Å². The fourth-order valence-corrected chi connectivity index (χ4v) is 4.92. The highest BCUT2D eigenvalue weighted by Crippen LogP contribution is 2.34. The van der Waals surface area contributed by atoms with Gasteiger partial charge in [0.25, 0.3) is 0 Å². The van der Waals surface area contributed by atoms with Gasteiger partial charge in [-0.05, 0) is 62.6 Å². The first kappa shape index (κ1) is 20.0. The highest BCUT2D eigenvalue weighted by atomic mass is 35.5. The fraction of sp³-hybridized carbons (Fsp3) is 0.364. The van der Waals surface area contributed by atoms with Crippen molar-refractivity contribution in [1.82, 2.24) is 4.98 Å². The van der Waals surface area contributed by atoms with Gasteiger partial charge in [-0.2, -0.15) is 0 Å². The Morgan fingerprint density at radius 1 is 1.34 bits per heavy atom. The number of carbonyl (C=O) groups excluding carboxylic acids is 1. The Labute approximate surface area is 179 Å². The molecule has 29 heavy (non-hydrogen) atoms. The lowest BCUT2D eigenvalue weighted by Gasteiger charge is -2.31. The first-order valence-electron chi connectivity index (χ1n) is 9.89. The van der Waals surface area contributed by atoms with E-state index in [4.69, 9.17) is 21.3 Å². The molecule has 1 N–H and O–H groups in total. The number of piperidine rings is 1. The molecule has 1 amide bonds. The third-order valence-corrected chi connectivity index (χ3v) is 6.50. The lowest BCUT2D eigenvalue weighted by molar-refractivity contribution is -0.120. The zero-order valence-electron chi connectivity index (χ0n) is 16.6. The van der Waals surface area contributed by atoms with Crippen LogP contribution in [0.1, 0.15) is 25.3 Å². The molecule has 0 spiro atoms. The number of hydrogen-bond donors (Lipinski definition) is 1. The van der Waals surface area contributed by atoms with Crippen molar-refractivity contribution in [3.8, 4) is 5.75 Å². The zero-order valence-corrected chi connectivity index (χ0v) is 18.1. The summed E-state index contributed by atoms with van der Waals surface area (Å²) in [4.78, 5) is 19.8. The molecule has 2 heterocycles. The maximum atomic E-state index is 12.8. The lowest BCUT2D eigenvalue weighted by Crippen LogP contribution is -2.40. The largest absolute Gasteiger partial charge is 0.494 e. The summed E-state index contributed by atoms with van der Waals surface area (Å²) in [7, 11) is 0. The average Bonchev–Trinajstić information content (AvgIpc) is 3.14. The molecule has 1 saturated heterocycles. The van der Waals surface area contributed by atoms with Gasteiger partial charge in [0.05, 0.1) is 33.5 Å². The van der Waals surface area contributed by atoms with Crippen LogP contribution >= 0.6 is 22.9 Å². The van der Waals surface area contributed by atoms with Crippen LogP contribution in [0.4, 0.5) is 10.8 Å². The monoisotopic (exact) mass is 429 g/mol. The Hall–Kier alpha value is -2.31. The smallest absolute Gasteiger partial charge is 0.229 e. The van der Waals surface area contributed by atoms with Crippen molar-refractivity contribution in [3.05, 3.63) is 47.0 Å². The molecule has 1 aliphatic heterocycles. The normalized spacial score (nSPS) is 16.8. The molecule has 4 rings (SSSR count). The van der Waals surface area contributed by atoms with E-state index in [0.29, 0.717) is 23.9 Å². The molecule has 0 unspecified atom stereocenters. The number of nitrogens with one attached hydrogen (secondary N) is 1. The van der Waals surface area contributed by atoms with Gasteiger partial charge in [0.2, 0.25) is 5.91 Å². The quantitative estimate of drug-likeness (QED) is 0.580. The molecule has 2 aromatic carbocycles. The molecule has 1 fully saturated rings. The molecule has 1 atom stereocenters. The number of aromatic nitrogens is 1. The van der Waals surface area contributed by atoms with E-state index in [0.717, 1.165) is 46.0 Å². The second kappa shape index (κ2) is 8.59. The van der Waals surface area contributed by atoms with Crippen molar-refractivity contribution in [2.45, 2.75) is 26.7 Å². The van der Waals surface area contributed by atoms with E-state index < -0.39 is 0 Å². The maximum absolute atomic E-state index is 12.8. The van der Waals surface area contributed by atoms with Gasteiger partial charge in [0, 0.05) is 13.1 Å². The number of fused-ring (bicyclic) bond motifs is 1. The second-order valence-corrected chi connectivity index (χ2v) is 8.73. The summed E-state index contributed by atoms with van der Waals surface area (Å²) in [6.07, 6.45) is 1.82. The summed E-state index contributed by atoms with van der Waals surface area (Å²) in [5.74, 6) is 0.786. The van der Waals surface area contributed by atoms with E-state index in [-0.39, 0.29) is 11.8 Å². The first-order valence-corrected chi connectivity index (χ1v) is 11.1. The van der Waals surface area contributed by atoms with Gasteiger partial charge < -0.3 is 15.0 Å². The fourth-order valence-electron chi connectivity index (χ4n) is 3.61. The van der Waals surface area contributed by atoms with E-state index in [1.807, 2.05) is 50.2 Å². The summed E-state index contributed by atoms with van der Waals surface area (Å²) in [6.45, 7) is 6.17. The number of hydrogen-bond acceptors (Lipinski definition) is 5. The summed E-state index contributed by atoms with van der Waals surface area (Å²) < 4.78 is 6.69. The van der Waals surface area contributed by atoms with Crippen LogP contribution in [0, 0.1) is 12.8 Å². The van der Waals surface area contributed by atoms with Crippen LogP contribution in [0.15, 0.2) is 36.4 Å². The Morgan fingerprint density at radius 2 is 2.21 bits per heavy atom. The number of anilines is 2. The molecule has 1 aromatic heterocycles. The molecule has 0 saturated carbocycles. The van der Waals surface area contributed by atoms with E-state index >= 15 is 0 Å². The average molecular weight is 430 g/mol. The predicted molar refractivity (Wildman–Crippen MR) is 121 cm³/mol. The minimum atomic E-state index is -0.0906. The van der Waals surface area contributed by atoms with Crippen molar-refractivity contribution in [2.24, 2.45) is 5.92 Å². The van der Waals surface area contributed by atoms with Crippen LogP contribution < -0.4 is 15.0 Å². The van der Waals surface area contributed by atoms with Crippen LogP contribution in [0.25, 0.3) is 10.2 Å². The zero-order chi connectivity index (χ0) is 20.4. The minimum Gasteiger partial charge on any atom is -0.494 e. The number of benzene rings is 2. The topological polar surface area (TPSA) is 54.5 Å². The standard InChI is InChI=1S/C22H24ClN3O2S/c1-3-28-16-7-9-19-20(12-16)29-22(25-19)26-10-4-5-15(13-26)21(27)24-18-8-6-14(2)11-17(18)23/h6-9,11-12,15H,3-5,10,13H2,1-2H3,(H,24,27)/t15-/m0/s1. The first-order chi connectivity index (χ1) is 14.0. The highest BCUT2D eigenvalue weighted by Gasteiger charge is 2.28. The molecule has 7 heteroatoms. The number of ether oxygens (including phenoxy) is 1. The molecular weight excluding hydrogens is 406 g/mol. The van der Waals surface area contributed by atoms with Gasteiger partial charge in [-0.25, -0.2) is 4.98 Å². The number of rotatable bonds is 5. The van der Waals surface area contributed by atoms with Gasteiger partial charge in [0.1, 0.15) is 5.75 Å². The van der Waals surface area contributed by atoms with Crippen molar-refractivity contribution in [1.29, 1.82) is 0 Å². The molecule has 152 valence electrons. The van der Waals surface area contributed by atoms with Gasteiger partial charge in [-0.3, -0.25) is 4.79 Å². The van der Waals surface area contributed by atoms with Crippen LogP contribution in [-0.4, -0.2) is 30.6 Å². The Bertz CT molecular complexity index is 1040. The number of amides is 1. The summed E-state index contributed by atoms with van der Waals surface area (Å²) in [5, 5.41) is 4.53. The third-order valence-electron chi connectivity index (χ3n) is 5.10. The third kappa shape index (κ3) is 4.49. The van der Waals surface area contributed by atoms with Crippen LogP contribution in [-0.2, 0) is 4.79 Å². The van der Waals surface area contributed by atoms with Crippen molar-refractivity contribution >= 4 is 49.9 Å². The van der Waals surface area contributed by atoms with E-state index in [9.17, 15) is 4.79 Å². The number of halogens is 1. The van der Waals surface area contributed by atoms with Crippen LogP contribution in [0.5, 0.6) is 5.75 Å². The number of thiazole rings is 1. The predicted octanol–water partition coefficient (Wildman–Crippen LogP) is 5.51. The molecular formula is C22H24ClN3O2S. The minimum absolute atomic E-state index is 0.0141. The van der Waals surface area contributed by atoms with Gasteiger partial charge >= 0.3 is 0 Å². The Morgan fingerprint density at radius 3 is 3.00 bits per heavy atom. The SMILES string of the molecule is CCOc1ccc2nc(N3CCC[C@H](C(=O)Nc4ccc(C)cc4Cl)C3)sc2c1. The van der Waals surface area contributed by atoms with Crippen LogP contribution in [0.2, 0.25) is 5.02 Å². The summed E-state index contributed by atoms with van der Waals surface area (Å²) in [5.41, 5.74) is 2.70. The van der Waals surface area contributed by atoms with Gasteiger partial charge in [0.15, 0.2) is 5.13 Å². The van der Waals surface area contributed by atoms with E-state index in [1.165, 1.54) is 0 Å². The molecule has 5 nitrogen and oxygen atoms in total. The summed E-state index contributed by atoms with van der Waals surface area (Å²) >= 11 is 7.92. The van der Waals surface area contributed by atoms with E-state index in [2.05, 4.69) is 10.2 Å². The molecule has 1 aliphatic rings. The summed E-state index contributed by atoms with van der Waals surface area (Å²) in [6, 6.07) is 11.7. The van der Waals surface area contributed by atoms with Gasteiger partial charge in [-0.15, -0.1) is 0 Å².